The van der Waals surface area contributed by atoms with Gasteiger partial charge in [-0.25, -0.2) is 18.4 Å². The lowest BCUT2D eigenvalue weighted by Gasteiger charge is -2.11. The second kappa shape index (κ2) is 4.88. The van der Waals surface area contributed by atoms with Gasteiger partial charge in [0.2, 0.25) is 11.3 Å². The van der Waals surface area contributed by atoms with Crippen LogP contribution in [0.25, 0.3) is 11.3 Å². The number of rotatable bonds is 2. The monoisotopic (exact) mass is 355 g/mol. The number of benzene rings is 1. The number of fused-ring (bicyclic) bond motifs is 2. The summed E-state index contributed by atoms with van der Waals surface area (Å²) in [7, 11) is -3.61. The lowest BCUT2D eigenvalue weighted by molar-refractivity contribution is 0.583. The molecule has 1 aromatic carbocycles. The first-order valence-corrected chi connectivity index (χ1v) is 9.33. The number of hydrogen-bond donors (Lipinski definition) is 0. The molecule has 0 bridgehead atoms. The molecule has 0 N–H and O–H groups in total. The fourth-order valence-corrected chi connectivity index (χ4v) is 6.08. The number of sulfonamides is 1. The Morgan fingerprint density at radius 1 is 0.905 bits per heavy atom. The van der Waals surface area contributed by atoms with Crippen LogP contribution < -0.4 is 0 Å². The van der Waals surface area contributed by atoms with Crippen LogP contribution in [0.2, 0.25) is 0 Å². The first-order valence-electron chi connectivity index (χ1n) is 5.61. The summed E-state index contributed by atoms with van der Waals surface area (Å²) in [5.41, 5.74) is 0.872. The Labute approximate surface area is 132 Å². The maximum absolute atomic E-state index is 12.5. The molecule has 0 radical (unpaired) electrons. The number of aromatic nitrogens is 4. The van der Waals surface area contributed by atoms with Gasteiger partial charge in [0.05, 0.1) is 16.6 Å². The van der Waals surface area contributed by atoms with Crippen molar-refractivity contribution < 1.29 is 8.42 Å². The van der Waals surface area contributed by atoms with E-state index < -0.39 is 10.0 Å². The van der Waals surface area contributed by atoms with Crippen molar-refractivity contribution in [3.8, 4) is 0 Å². The van der Waals surface area contributed by atoms with Crippen LogP contribution in [0.4, 0.5) is 0 Å². The highest BCUT2D eigenvalue weighted by molar-refractivity contribution is 8.25. The molecule has 0 saturated carbocycles. The largest absolute Gasteiger partial charge is 0.262 e. The third kappa shape index (κ3) is 2.21. The molecule has 11 heteroatoms. The van der Waals surface area contributed by atoms with Crippen molar-refractivity contribution in [1.82, 2.24) is 21.8 Å². The molecule has 1 aliphatic heterocycles. The van der Waals surface area contributed by atoms with Gasteiger partial charge >= 0.3 is 0 Å². The maximum Gasteiger partial charge on any atom is 0.262 e. The van der Waals surface area contributed by atoms with Crippen LogP contribution in [0.3, 0.4) is 0 Å². The second-order valence-corrected chi connectivity index (χ2v) is 8.82. The molecule has 0 spiro atoms. The standard InChI is InChI=1S/C10H5N5O2S4/c16-21(17,6-4-2-1-3-5-6)15-18-9-10(19-15)12-8-7(11-9)13-20-14-8/h1-5H. The van der Waals surface area contributed by atoms with Gasteiger partial charge in [-0.15, -0.1) is 0 Å². The molecule has 4 rings (SSSR count). The minimum atomic E-state index is -3.61. The normalized spacial score (nSPS) is 15.4. The van der Waals surface area contributed by atoms with Crippen molar-refractivity contribution in [3.05, 3.63) is 30.3 Å². The Balaban J connectivity index is 1.73. The van der Waals surface area contributed by atoms with Crippen molar-refractivity contribution in [2.75, 3.05) is 0 Å². The van der Waals surface area contributed by atoms with Crippen LogP contribution in [0, 0.1) is 0 Å². The molecule has 0 saturated heterocycles. The molecule has 2 aromatic heterocycles. The maximum atomic E-state index is 12.5. The Hall–Kier alpha value is -1.27. The van der Waals surface area contributed by atoms with Crippen molar-refractivity contribution >= 4 is 56.9 Å². The smallest absolute Gasteiger partial charge is 0.214 e. The third-order valence-corrected chi connectivity index (χ3v) is 7.80. The molecule has 21 heavy (non-hydrogen) atoms. The molecule has 0 aliphatic carbocycles. The Morgan fingerprint density at radius 2 is 1.48 bits per heavy atom. The van der Waals surface area contributed by atoms with E-state index in [2.05, 4.69) is 18.7 Å². The van der Waals surface area contributed by atoms with E-state index in [1.807, 2.05) is 0 Å². The zero-order chi connectivity index (χ0) is 14.4. The van der Waals surface area contributed by atoms with E-state index in [4.69, 9.17) is 0 Å². The van der Waals surface area contributed by atoms with E-state index in [0.29, 0.717) is 21.3 Å². The zero-order valence-electron chi connectivity index (χ0n) is 10.1. The van der Waals surface area contributed by atoms with Gasteiger partial charge in [-0.3, -0.25) is 0 Å². The van der Waals surface area contributed by atoms with E-state index in [-0.39, 0.29) is 4.90 Å². The van der Waals surface area contributed by atoms with E-state index in [0.717, 1.165) is 35.6 Å². The van der Waals surface area contributed by atoms with Gasteiger partial charge in [0.1, 0.15) is 10.1 Å². The average molecular weight is 355 g/mol. The summed E-state index contributed by atoms with van der Waals surface area (Å²) in [6.07, 6.45) is 0. The highest BCUT2D eigenvalue weighted by Gasteiger charge is 2.35. The minimum absolute atomic E-state index is 0.232. The third-order valence-electron chi connectivity index (χ3n) is 2.61. The van der Waals surface area contributed by atoms with Crippen LogP contribution in [0.5, 0.6) is 0 Å². The van der Waals surface area contributed by atoms with Crippen LogP contribution in [-0.2, 0) is 10.0 Å². The van der Waals surface area contributed by atoms with Gasteiger partial charge in [-0.1, -0.05) is 21.3 Å². The predicted octanol–water partition coefficient (Wildman–Crippen LogP) is 2.20. The number of nitrogens with zero attached hydrogens (tertiary/aromatic N) is 5. The summed E-state index contributed by atoms with van der Waals surface area (Å²) in [4.78, 5) is 8.80. The Kier molecular flexibility index (Phi) is 3.11. The van der Waals surface area contributed by atoms with Gasteiger partial charge < -0.3 is 0 Å². The van der Waals surface area contributed by atoms with E-state index in [9.17, 15) is 8.42 Å². The van der Waals surface area contributed by atoms with E-state index in [1.54, 1.807) is 30.3 Å². The first kappa shape index (κ1) is 13.4. The summed E-state index contributed by atoms with van der Waals surface area (Å²) < 4.78 is 34.3. The SMILES string of the molecule is O=S(=O)(c1ccccc1)N1Sc2nc3nsnc3nc2S1. The van der Waals surface area contributed by atoms with Crippen molar-refractivity contribution in [2.24, 2.45) is 0 Å². The molecule has 0 fully saturated rings. The molecule has 0 atom stereocenters. The Bertz CT molecular complexity index is 887. The van der Waals surface area contributed by atoms with Crippen molar-refractivity contribution in [2.45, 2.75) is 14.9 Å². The van der Waals surface area contributed by atoms with Crippen molar-refractivity contribution in [3.63, 3.8) is 0 Å². The lowest BCUT2D eigenvalue weighted by atomic mass is 10.4. The molecule has 7 nitrogen and oxygen atoms in total. The van der Waals surface area contributed by atoms with Gasteiger partial charge in [-0.05, 0) is 12.1 Å². The summed E-state index contributed by atoms with van der Waals surface area (Å²) >= 11 is 3.09. The van der Waals surface area contributed by atoms with E-state index in [1.165, 1.54) is 3.12 Å². The summed E-state index contributed by atoms with van der Waals surface area (Å²) in [6.45, 7) is 0. The van der Waals surface area contributed by atoms with Crippen LogP contribution in [-0.4, -0.2) is 30.2 Å². The van der Waals surface area contributed by atoms with Gasteiger partial charge in [0, 0.05) is 23.9 Å². The molecular weight excluding hydrogens is 350 g/mol. The molecule has 106 valence electrons. The summed E-state index contributed by atoms with van der Waals surface area (Å²) in [5.74, 6) is 0. The Morgan fingerprint density at radius 3 is 2.05 bits per heavy atom. The van der Waals surface area contributed by atoms with E-state index >= 15 is 0 Å². The highest BCUT2D eigenvalue weighted by atomic mass is 32.3. The predicted molar refractivity (Wildman–Crippen MR) is 80.2 cm³/mol. The topological polar surface area (TPSA) is 88.9 Å². The molecule has 3 heterocycles. The van der Waals surface area contributed by atoms with Crippen molar-refractivity contribution in [1.29, 1.82) is 0 Å². The number of hydrogen-bond acceptors (Lipinski definition) is 9. The molecule has 0 unspecified atom stereocenters. The van der Waals surface area contributed by atoms with Gasteiger partial charge in [0.15, 0.2) is 0 Å². The van der Waals surface area contributed by atoms with Crippen LogP contribution in [0.15, 0.2) is 45.3 Å². The van der Waals surface area contributed by atoms with Gasteiger partial charge in [0.25, 0.3) is 10.0 Å². The lowest BCUT2D eigenvalue weighted by Crippen LogP contribution is -2.15. The second-order valence-electron chi connectivity index (χ2n) is 3.94. The zero-order valence-corrected chi connectivity index (χ0v) is 13.3. The first-order chi connectivity index (χ1) is 10.1. The summed E-state index contributed by atoms with van der Waals surface area (Å²) in [6, 6.07) is 8.26. The fraction of sp³-hybridized carbons (Fsp3) is 0. The fourth-order valence-electron chi connectivity index (χ4n) is 1.66. The van der Waals surface area contributed by atoms with Gasteiger partial charge in [-0.2, -0.15) is 8.75 Å². The molecule has 1 aliphatic rings. The molecule has 3 aromatic rings. The minimum Gasteiger partial charge on any atom is -0.214 e. The average Bonchev–Trinajstić information content (AvgIpc) is 3.11. The quantitative estimate of drug-likeness (QED) is 0.646. The molecule has 0 amide bonds. The summed E-state index contributed by atoms with van der Waals surface area (Å²) in [5, 5.41) is 1.06. The van der Waals surface area contributed by atoms with Crippen LogP contribution >= 0.6 is 35.6 Å². The molecular formula is C10H5N5O2S4. The van der Waals surface area contributed by atoms with Crippen LogP contribution in [0.1, 0.15) is 0 Å². The highest BCUT2D eigenvalue weighted by Crippen LogP contribution is 2.47.